The smallest absolute Gasteiger partial charge is 0.194 e. The summed E-state index contributed by atoms with van der Waals surface area (Å²) in [6.07, 6.45) is 0. The van der Waals surface area contributed by atoms with Gasteiger partial charge in [-0.3, -0.25) is 4.79 Å². The van der Waals surface area contributed by atoms with E-state index in [4.69, 9.17) is 9.47 Å². The minimum absolute atomic E-state index is 0.133. The molecule has 0 aromatic heterocycles. The summed E-state index contributed by atoms with van der Waals surface area (Å²) in [4.78, 5) is 14.7. The van der Waals surface area contributed by atoms with Crippen LogP contribution >= 0.6 is 0 Å². The highest BCUT2D eigenvalue weighted by Crippen LogP contribution is 2.59. The molecule has 0 radical (unpaired) electrons. The zero-order chi connectivity index (χ0) is 28.4. The van der Waals surface area contributed by atoms with Crippen molar-refractivity contribution in [2.45, 2.75) is 40.9 Å². The number of ether oxygens (including phenoxy) is 2. The third-order valence-corrected chi connectivity index (χ3v) is 10.1. The Labute approximate surface area is 244 Å². The van der Waals surface area contributed by atoms with E-state index in [2.05, 4.69) is 100 Å². The van der Waals surface area contributed by atoms with Gasteiger partial charge in [0.1, 0.15) is 24.7 Å². The Hall–Kier alpha value is -4.89. The zero-order valence-electron chi connectivity index (χ0n) is 24.1. The molecule has 0 saturated heterocycles. The molecule has 1 aliphatic carbocycles. The van der Waals surface area contributed by atoms with Gasteiger partial charge in [-0.1, -0.05) is 60.7 Å². The molecule has 3 nitrogen and oxygen atoms in total. The van der Waals surface area contributed by atoms with E-state index in [0.717, 1.165) is 99.8 Å². The molecule has 3 aliphatic rings. The second-order valence-electron chi connectivity index (χ2n) is 11.9. The molecule has 6 aromatic rings. The van der Waals surface area contributed by atoms with Crippen LogP contribution in [-0.4, -0.2) is 5.78 Å². The number of ketones is 1. The molecular weight excluding hydrogens is 516 g/mol. The molecule has 0 atom stereocenters. The molecule has 0 N–H and O–H groups in total. The number of fused-ring (bicyclic) bond motifs is 15. The van der Waals surface area contributed by atoms with Gasteiger partial charge < -0.3 is 9.47 Å². The van der Waals surface area contributed by atoms with E-state index in [-0.39, 0.29) is 5.78 Å². The molecule has 6 aromatic carbocycles. The molecule has 0 saturated carbocycles. The first-order valence-electron chi connectivity index (χ1n) is 14.6. The number of hydrogen-bond acceptors (Lipinski definition) is 3. The first-order chi connectivity index (χ1) is 20.5. The molecule has 0 unspecified atom stereocenters. The van der Waals surface area contributed by atoms with Crippen molar-refractivity contribution in [1.29, 1.82) is 0 Å². The van der Waals surface area contributed by atoms with Crippen molar-refractivity contribution in [3.05, 3.63) is 117 Å². The van der Waals surface area contributed by atoms with E-state index in [1.807, 2.05) is 0 Å². The summed E-state index contributed by atoms with van der Waals surface area (Å²) in [5.74, 6) is 1.88. The van der Waals surface area contributed by atoms with Gasteiger partial charge in [0.15, 0.2) is 5.78 Å². The van der Waals surface area contributed by atoms with Crippen LogP contribution < -0.4 is 9.47 Å². The van der Waals surface area contributed by atoms with Gasteiger partial charge in [0.05, 0.1) is 0 Å². The van der Waals surface area contributed by atoms with Crippen molar-refractivity contribution < 1.29 is 14.3 Å². The highest BCUT2D eigenvalue weighted by atomic mass is 16.5. The van der Waals surface area contributed by atoms with E-state index in [1.54, 1.807) is 0 Å². The topological polar surface area (TPSA) is 35.5 Å². The summed E-state index contributed by atoms with van der Waals surface area (Å²) < 4.78 is 12.9. The maximum atomic E-state index is 14.7. The minimum Gasteiger partial charge on any atom is -0.488 e. The quantitative estimate of drug-likeness (QED) is 0.191. The van der Waals surface area contributed by atoms with Crippen LogP contribution in [0.2, 0.25) is 0 Å². The summed E-state index contributed by atoms with van der Waals surface area (Å²) in [5, 5.41) is 4.62. The van der Waals surface area contributed by atoms with Crippen LogP contribution in [0.4, 0.5) is 0 Å². The Kier molecular flexibility index (Phi) is 4.59. The summed E-state index contributed by atoms with van der Waals surface area (Å²) in [6.45, 7) is 9.48. The van der Waals surface area contributed by atoms with Gasteiger partial charge in [-0.15, -0.1) is 0 Å². The fourth-order valence-electron chi connectivity index (χ4n) is 7.79. The Morgan fingerprint density at radius 3 is 1.33 bits per heavy atom. The van der Waals surface area contributed by atoms with Gasteiger partial charge >= 0.3 is 0 Å². The molecule has 0 spiro atoms. The lowest BCUT2D eigenvalue weighted by molar-refractivity contribution is 0.104. The Bertz CT molecular complexity index is 2090. The average Bonchev–Trinajstić information content (AvgIpc) is 3.33. The van der Waals surface area contributed by atoms with Gasteiger partial charge in [-0.05, 0) is 83.6 Å². The van der Waals surface area contributed by atoms with Crippen LogP contribution in [0.25, 0.3) is 54.9 Å². The summed E-state index contributed by atoms with van der Waals surface area (Å²) in [6, 6.07) is 25.4. The number of hydrogen-bond donors (Lipinski definition) is 0. The van der Waals surface area contributed by atoms with Gasteiger partial charge in [0, 0.05) is 55.6 Å². The fraction of sp³-hybridized carbons (Fsp3) is 0.154. The Balaban J connectivity index is 1.52. The van der Waals surface area contributed by atoms with Crippen molar-refractivity contribution in [3.63, 3.8) is 0 Å². The molecule has 0 bridgehead atoms. The highest BCUT2D eigenvalue weighted by Gasteiger charge is 2.41. The van der Waals surface area contributed by atoms with Crippen LogP contribution in [0.5, 0.6) is 11.5 Å². The maximum absolute atomic E-state index is 14.7. The van der Waals surface area contributed by atoms with E-state index in [0.29, 0.717) is 13.2 Å². The lowest BCUT2D eigenvalue weighted by Crippen LogP contribution is -2.13. The van der Waals surface area contributed by atoms with Crippen molar-refractivity contribution in [2.75, 3.05) is 0 Å². The average molecular weight is 545 g/mol. The molecule has 2 aliphatic heterocycles. The van der Waals surface area contributed by atoms with Crippen molar-refractivity contribution in [1.82, 2.24) is 0 Å². The van der Waals surface area contributed by atoms with Crippen LogP contribution in [0, 0.1) is 27.7 Å². The van der Waals surface area contributed by atoms with Gasteiger partial charge in [0.25, 0.3) is 0 Å². The molecule has 3 heteroatoms. The second-order valence-corrected chi connectivity index (χ2v) is 11.9. The summed E-state index contributed by atoms with van der Waals surface area (Å²) in [7, 11) is 0. The number of carbonyl (C=O) groups is 1. The molecule has 0 fully saturated rings. The van der Waals surface area contributed by atoms with Crippen LogP contribution in [0.15, 0.2) is 72.8 Å². The van der Waals surface area contributed by atoms with Crippen LogP contribution in [-0.2, 0) is 13.2 Å². The molecule has 2 heterocycles. The van der Waals surface area contributed by atoms with Crippen molar-refractivity contribution in [2.24, 2.45) is 0 Å². The van der Waals surface area contributed by atoms with E-state index < -0.39 is 0 Å². The minimum atomic E-state index is 0.133. The molecular formula is C39H28O3. The molecule has 0 amide bonds. The number of benzene rings is 6. The Morgan fingerprint density at radius 2 is 0.881 bits per heavy atom. The van der Waals surface area contributed by atoms with Crippen LogP contribution in [0.3, 0.4) is 0 Å². The molecule has 202 valence electrons. The van der Waals surface area contributed by atoms with E-state index in [9.17, 15) is 4.79 Å². The van der Waals surface area contributed by atoms with E-state index in [1.165, 1.54) is 11.1 Å². The predicted molar refractivity (Wildman–Crippen MR) is 169 cm³/mol. The summed E-state index contributed by atoms with van der Waals surface area (Å²) >= 11 is 0. The zero-order valence-corrected chi connectivity index (χ0v) is 24.1. The van der Waals surface area contributed by atoms with Crippen molar-refractivity contribution >= 4 is 27.3 Å². The lowest BCUT2D eigenvalue weighted by atomic mass is 9.78. The van der Waals surface area contributed by atoms with Crippen LogP contribution in [0.1, 0.15) is 49.3 Å². The van der Waals surface area contributed by atoms with Gasteiger partial charge in [-0.25, -0.2) is 0 Å². The normalized spacial score (nSPS) is 14.0. The van der Waals surface area contributed by atoms with Crippen molar-refractivity contribution in [3.8, 4) is 44.9 Å². The number of rotatable bonds is 0. The third kappa shape index (κ3) is 2.79. The SMILES string of the molecule is Cc1c(C)c2c(c3c1COc1ccc4ccccc4c1-3)-c1c(c(C)c(C)c3c1-c1c(ccc4ccccc14)OC3)C2=O. The highest BCUT2D eigenvalue weighted by molar-refractivity contribution is 6.29. The first-order valence-corrected chi connectivity index (χ1v) is 14.6. The molecule has 42 heavy (non-hydrogen) atoms. The number of carbonyl (C=O) groups excluding carboxylic acids is 1. The third-order valence-electron chi connectivity index (χ3n) is 10.1. The monoisotopic (exact) mass is 544 g/mol. The summed E-state index contributed by atoms with van der Waals surface area (Å²) in [5.41, 5.74) is 15.0. The first kappa shape index (κ1) is 23.8. The second kappa shape index (κ2) is 8.10. The lowest BCUT2D eigenvalue weighted by Gasteiger charge is -2.30. The van der Waals surface area contributed by atoms with E-state index >= 15 is 0 Å². The molecule has 9 rings (SSSR count). The maximum Gasteiger partial charge on any atom is 0.194 e. The fourth-order valence-corrected chi connectivity index (χ4v) is 7.79. The van der Waals surface area contributed by atoms with Gasteiger partial charge in [0.2, 0.25) is 0 Å². The standard InChI is InChI=1S/C39H28O3/c1-19-21(3)31-37(35-27(19)17-41-29-15-13-23-9-5-7-11-25(23)33(29)35)38-32(39(31)40)22(4)20(2)28-18-42-30-16-14-24-10-6-8-12-26(24)34(30)36(28)38/h5-16H,17-18H2,1-4H3. The van der Waals surface area contributed by atoms with Gasteiger partial charge in [-0.2, -0.15) is 0 Å². The largest absolute Gasteiger partial charge is 0.488 e. The predicted octanol–water partition coefficient (Wildman–Crippen LogP) is 9.56. The Morgan fingerprint density at radius 1 is 0.452 bits per heavy atom.